The molecule has 5 heteroatoms. The molecule has 2 aromatic carbocycles. The first kappa shape index (κ1) is 16.4. The third-order valence-corrected chi connectivity index (χ3v) is 2.93. The van der Waals surface area contributed by atoms with E-state index in [1.165, 1.54) is 36.4 Å². The van der Waals surface area contributed by atoms with E-state index in [0.29, 0.717) is 11.3 Å². The summed E-state index contributed by atoms with van der Waals surface area (Å²) in [6.45, 7) is 1.54. The number of amides is 1. The van der Waals surface area contributed by atoms with Crippen molar-refractivity contribution in [3.8, 4) is 0 Å². The van der Waals surface area contributed by atoms with E-state index in [0.717, 1.165) is 5.56 Å². The molecule has 0 bridgehead atoms. The number of aryl methyl sites for hydroxylation is 1. The Morgan fingerprint density at radius 3 is 2.61 bits per heavy atom. The highest BCUT2D eigenvalue weighted by Gasteiger charge is 2.05. The standard InChI is InChI=1S/C18H16FNO3/c1-13-3-2-4-16(11-13)20-17(21)12-23-18(22)10-7-14-5-8-15(19)9-6-14/h2-11H,12H2,1H3,(H,20,21)/b10-7+. The first-order valence-corrected chi connectivity index (χ1v) is 7.00. The van der Waals surface area contributed by atoms with E-state index in [2.05, 4.69) is 5.32 Å². The van der Waals surface area contributed by atoms with Crippen LogP contribution >= 0.6 is 0 Å². The van der Waals surface area contributed by atoms with Crippen molar-refractivity contribution < 1.29 is 18.7 Å². The largest absolute Gasteiger partial charge is 0.452 e. The molecule has 0 aliphatic heterocycles. The number of halogens is 1. The molecule has 0 spiro atoms. The number of rotatable bonds is 5. The molecular formula is C18H16FNO3. The minimum atomic E-state index is -0.645. The number of carbonyl (C=O) groups is 2. The van der Waals surface area contributed by atoms with Gasteiger partial charge in [-0.25, -0.2) is 9.18 Å². The van der Waals surface area contributed by atoms with Gasteiger partial charge in [0.1, 0.15) is 5.82 Å². The second kappa shape index (κ2) is 7.89. The van der Waals surface area contributed by atoms with Gasteiger partial charge in [0.25, 0.3) is 5.91 Å². The number of esters is 1. The molecule has 1 N–H and O–H groups in total. The van der Waals surface area contributed by atoms with Crippen LogP contribution in [0.5, 0.6) is 0 Å². The van der Waals surface area contributed by atoms with Gasteiger partial charge in [-0.05, 0) is 48.4 Å². The van der Waals surface area contributed by atoms with Gasteiger partial charge in [0, 0.05) is 11.8 Å². The van der Waals surface area contributed by atoms with Gasteiger partial charge >= 0.3 is 5.97 Å². The maximum atomic E-state index is 12.7. The van der Waals surface area contributed by atoms with Crippen LogP contribution in [0, 0.1) is 12.7 Å². The molecule has 0 saturated carbocycles. The average molecular weight is 313 g/mol. The molecule has 4 nitrogen and oxygen atoms in total. The molecule has 0 fully saturated rings. The lowest BCUT2D eigenvalue weighted by atomic mass is 10.2. The SMILES string of the molecule is Cc1cccc(NC(=O)COC(=O)/C=C/c2ccc(F)cc2)c1. The minimum absolute atomic E-state index is 0.349. The van der Waals surface area contributed by atoms with Gasteiger partial charge in [-0.2, -0.15) is 0 Å². The zero-order valence-electron chi connectivity index (χ0n) is 12.6. The van der Waals surface area contributed by atoms with Crippen LogP contribution in [0.4, 0.5) is 10.1 Å². The topological polar surface area (TPSA) is 55.4 Å². The summed E-state index contributed by atoms with van der Waals surface area (Å²) in [4.78, 5) is 23.2. The predicted molar refractivity (Wildman–Crippen MR) is 86.2 cm³/mol. The van der Waals surface area contributed by atoms with E-state index in [1.807, 2.05) is 25.1 Å². The van der Waals surface area contributed by atoms with Crippen LogP contribution in [0.1, 0.15) is 11.1 Å². The lowest BCUT2D eigenvalue weighted by molar-refractivity contribution is -0.142. The quantitative estimate of drug-likeness (QED) is 0.680. The van der Waals surface area contributed by atoms with Crippen LogP contribution in [-0.4, -0.2) is 18.5 Å². The highest BCUT2D eigenvalue weighted by Crippen LogP contribution is 2.09. The highest BCUT2D eigenvalue weighted by molar-refractivity contribution is 5.94. The Morgan fingerprint density at radius 1 is 1.17 bits per heavy atom. The Kier molecular flexibility index (Phi) is 5.63. The lowest BCUT2D eigenvalue weighted by Gasteiger charge is -2.06. The summed E-state index contributed by atoms with van der Waals surface area (Å²) in [6, 6.07) is 12.9. The second-order valence-corrected chi connectivity index (χ2v) is 4.91. The minimum Gasteiger partial charge on any atom is -0.452 e. The highest BCUT2D eigenvalue weighted by atomic mass is 19.1. The van der Waals surface area contributed by atoms with Crippen LogP contribution in [0.3, 0.4) is 0 Å². The fourth-order valence-electron chi connectivity index (χ4n) is 1.84. The van der Waals surface area contributed by atoms with Crippen molar-refractivity contribution in [3.05, 3.63) is 71.6 Å². The molecule has 1 amide bonds. The molecule has 23 heavy (non-hydrogen) atoms. The first-order chi connectivity index (χ1) is 11.0. The normalized spacial score (nSPS) is 10.5. The fraction of sp³-hybridized carbons (Fsp3) is 0.111. The Labute approximate surface area is 133 Å². The van der Waals surface area contributed by atoms with Crippen LogP contribution < -0.4 is 5.32 Å². The van der Waals surface area contributed by atoms with E-state index in [1.54, 1.807) is 6.07 Å². The number of anilines is 1. The third-order valence-electron chi connectivity index (χ3n) is 2.93. The molecule has 2 rings (SSSR count). The van der Waals surface area contributed by atoms with E-state index < -0.39 is 11.9 Å². The van der Waals surface area contributed by atoms with Crippen molar-refractivity contribution in [3.63, 3.8) is 0 Å². The molecule has 0 unspecified atom stereocenters. The van der Waals surface area contributed by atoms with Crippen molar-refractivity contribution in [2.75, 3.05) is 11.9 Å². The number of benzene rings is 2. The summed E-state index contributed by atoms with van der Waals surface area (Å²) in [7, 11) is 0. The van der Waals surface area contributed by atoms with E-state index in [9.17, 15) is 14.0 Å². The molecule has 0 aromatic heterocycles. The van der Waals surface area contributed by atoms with E-state index >= 15 is 0 Å². The fourth-order valence-corrected chi connectivity index (χ4v) is 1.84. The molecular weight excluding hydrogens is 297 g/mol. The van der Waals surface area contributed by atoms with E-state index in [-0.39, 0.29) is 12.4 Å². The van der Waals surface area contributed by atoms with E-state index in [4.69, 9.17) is 4.74 Å². The van der Waals surface area contributed by atoms with Gasteiger partial charge in [0.2, 0.25) is 0 Å². The van der Waals surface area contributed by atoms with Gasteiger partial charge in [-0.3, -0.25) is 4.79 Å². The summed E-state index contributed by atoms with van der Waals surface area (Å²) in [5.41, 5.74) is 2.32. The molecule has 0 heterocycles. The number of nitrogens with one attached hydrogen (secondary N) is 1. The zero-order valence-corrected chi connectivity index (χ0v) is 12.6. The van der Waals surface area contributed by atoms with Crippen molar-refractivity contribution in [1.29, 1.82) is 0 Å². The molecule has 0 aliphatic rings. The zero-order chi connectivity index (χ0) is 16.7. The molecule has 2 aromatic rings. The van der Waals surface area contributed by atoms with Gasteiger partial charge in [-0.1, -0.05) is 24.3 Å². The Bertz CT molecular complexity index is 723. The smallest absolute Gasteiger partial charge is 0.331 e. The molecule has 0 radical (unpaired) electrons. The number of ether oxygens (including phenoxy) is 1. The first-order valence-electron chi connectivity index (χ1n) is 7.00. The summed E-state index contributed by atoms with van der Waals surface area (Å²) < 4.78 is 17.6. The van der Waals surface area contributed by atoms with Crippen LogP contribution in [0.25, 0.3) is 6.08 Å². The van der Waals surface area contributed by atoms with Gasteiger partial charge in [0.05, 0.1) is 0 Å². The van der Waals surface area contributed by atoms with Crippen molar-refractivity contribution >= 4 is 23.6 Å². The van der Waals surface area contributed by atoms with Crippen molar-refractivity contribution in [2.45, 2.75) is 6.92 Å². The Morgan fingerprint density at radius 2 is 1.91 bits per heavy atom. The number of hydrogen-bond acceptors (Lipinski definition) is 3. The molecule has 0 aliphatic carbocycles. The Balaban J connectivity index is 1.79. The summed E-state index contributed by atoms with van der Waals surface area (Å²) in [5.74, 6) is -1.41. The van der Waals surface area contributed by atoms with Crippen molar-refractivity contribution in [1.82, 2.24) is 0 Å². The van der Waals surface area contributed by atoms with Crippen LogP contribution in [0.2, 0.25) is 0 Å². The van der Waals surface area contributed by atoms with Crippen LogP contribution in [0.15, 0.2) is 54.6 Å². The van der Waals surface area contributed by atoms with Crippen LogP contribution in [-0.2, 0) is 14.3 Å². The summed E-state index contributed by atoms with van der Waals surface area (Å²) in [5, 5.41) is 2.64. The van der Waals surface area contributed by atoms with Gasteiger partial charge < -0.3 is 10.1 Å². The number of hydrogen-bond donors (Lipinski definition) is 1. The third kappa shape index (κ3) is 5.74. The monoisotopic (exact) mass is 313 g/mol. The lowest BCUT2D eigenvalue weighted by Crippen LogP contribution is -2.20. The summed E-state index contributed by atoms with van der Waals surface area (Å²) >= 11 is 0. The van der Waals surface area contributed by atoms with Gasteiger partial charge in [-0.15, -0.1) is 0 Å². The number of carbonyl (C=O) groups excluding carboxylic acids is 2. The predicted octanol–water partition coefficient (Wildman–Crippen LogP) is 3.33. The molecule has 118 valence electrons. The summed E-state index contributed by atoms with van der Waals surface area (Å²) in [6.07, 6.45) is 2.67. The molecule has 0 saturated heterocycles. The average Bonchev–Trinajstić information content (AvgIpc) is 2.52. The van der Waals surface area contributed by atoms with Crippen molar-refractivity contribution in [2.24, 2.45) is 0 Å². The van der Waals surface area contributed by atoms with Gasteiger partial charge in [0.15, 0.2) is 6.61 Å². The maximum Gasteiger partial charge on any atom is 0.331 e. The molecule has 0 atom stereocenters. The Hall–Kier alpha value is -2.95. The second-order valence-electron chi connectivity index (χ2n) is 4.91. The maximum absolute atomic E-state index is 12.7.